The fourth-order valence-corrected chi connectivity index (χ4v) is 3.76. The van der Waals surface area contributed by atoms with Crippen molar-refractivity contribution in [2.24, 2.45) is 0 Å². The molecule has 0 radical (unpaired) electrons. The minimum atomic E-state index is -0.162. The standard InChI is InChI=1S/C23H24N4O2/c1-16-21(17(2)27(25-16)19-9-4-3-5-10-19)15-24-23(29)18-8-6-11-20(14-18)26-13-7-12-22(26)28/h3-6,8-11,14H,7,12-13,15H2,1-2H3,(H,24,29). The minimum Gasteiger partial charge on any atom is -0.348 e. The zero-order valence-corrected chi connectivity index (χ0v) is 16.7. The first kappa shape index (κ1) is 18.9. The Hall–Kier alpha value is -3.41. The second-order valence-corrected chi connectivity index (χ2v) is 7.28. The summed E-state index contributed by atoms with van der Waals surface area (Å²) in [5, 5.41) is 7.62. The van der Waals surface area contributed by atoms with Crippen LogP contribution in [0.5, 0.6) is 0 Å². The highest BCUT2D eigenvalue weighted by Gasteiger charge is 2.22. The Bertz CT molecular complexity index is 1060. The normalized spacial score (nSPS) is 13.7. The predicted molar refractivity (Wildman–Crippen MR) is 112 cm³/mol. The number of aromatic nitrogens is 2. The Morgan fingerprint density at radius 2 is 1.83 bits per heavy atom. The van der Waals surface area contributed by atoms with Crippen molar-refractivity contribution in [2.45, 2.75) is 33.2 Å². The van der Waals surface area contributed by atoms with Gasteiger partial charge in [0.25, 0.3) is 5.91 Å². The van der Waals surface area contributed by atoms with Gasteiger partial charge in [-0.3, -0.25) is 9.59 Å². The molecule has 0 spiro atoms. The number of para-hydroxylation sites is 1. The van der Waals surface area contributed by atoms with Gasteiger partial charge in [-0.15, -0.1) is 0 Å². The van der Waals surface area contributed by atoms with Crippen molar-refractivity contribution in [3.63, 3.8) is 0 Å². The zero-order valence-electron chi connectivity index (χ0n) is 16.7. The Morgan fingerprint density at radius 3 is 2.55 bits per heavy atom. The third kappa shape index (κ3) is 3.78. The summed E-state index contributed by atoms with van der Waals surface area (Å²) >= 11 is 0. The van der Waals surface area contributed by atoms with Crippen LogP contribution in [0.1, 0.15) is 40.2 Å². The van der Waals surface area contributed by atoms with Crippen LogP contribution in [0.25, 0.3) is 5.69 Å². The van der Waals surface area contributed by atoms with E-state index in [0.717, 1.165) is 34.7 Å². The van der Waals surface area contributed by atoms with Gasteiger partial charge in [0.05, 0.1) is 11.4 Å². The van der Waals surface area contributed by atoms with Crippen LogP contribution < -0.4 is 10.2 Å². The van der Waals surface area contributed by atoms with Crippen molar-refractivity contribution >= 4 is 17.5 Å². The molecule has 4 rings (SSSR count). The highest BCUT2D eigenvalue weighted by atomic mass is 16.2. The van der Waals surface area contributed by atoms with Crippen LogP contribution >= 0.6 is 0 Å². The Labute approximate surface area is 170 Å². The first-order chi connectivity index (χ1) is 14.0. The topological polar surface area (TPSA) is 67.2 Å². The number of aryl methyl sites for hydroxylation is 1. The first-order valence-electron chi connectivity index (χ1n) is 9.84. The van der Waals surface area contributed by atoms with E-state index in [1.165, 1.54) is 0 Å². The summed E-state index contributed by atoms with van der Waals surface area (Å²) in [5.74, 6) is -0.0492. The fourth-order valence-electron chi connectivity index (χ4n) is 3.76. The van der Waals surface area contributed by atoms with Crippen molar-refractivity contribution in [2.75, 3.05) is 11.4 Å². The molecule has 0 bridgehead atoms. The van der Waals surface area contributed by atoms with Gasteiger partial charge in [0.2, 0.25) is 5.91 Å². The van der Waals surface area contributed by atoms with Gasteiger partial charge >= 0.3 is 0 Å². The van der Waals surface area contributed by atoms with E-state index >= 15 is 0 Å². The fraction of sp³-hybridized carbons (Fsp3) is 0.261. The maximum absolute atomic E-state index is 12.7. The number of benzene rings is 2. The summed E-state index contributed by atoms with van der Waals surface area (Å²) in [4.78, 5) is 26.4. The molecule has 0 unspecified atom stereocenters. The lowest BCUT2D eigenvalue weighted by atomic mass is 10.1. The molecule has 1 fully saturated rings. The molecular formula is C23H24N4O2. The largest absolute Gasteiger partial charge is 0.348 e. The van der Waals surface area contributed by atoms with E-state index in [1.54, 1.807) is 17.0 Å². The molecule has 1 saturated heterocycles. The number of hydrogen-bond donors (Lipinski definition) is 1. The lowest BCUT2D eigenvalue weighted by Gasteiger charge is -2.16. The number of rotatable bonds is 5. The molecule has 1 N–H and O–H groups in total. The molecule has 2 heterocycles. The van der Waals surface area contributed by atoms with Crippen molar-refractivity contribution < 1.29 is 9.59 Å². The van der Waals surface area contributed by atoms with Gasteiger partial charge < -0.3 is 10.2 Å². The van der Waals surface area contributed by atoms with Gasteiger partial charge in [0.15, 0.2) is 0 Å². The highest BCUT2D eigenvalue weighted by molar-refractivity contribution is 5.99. The highest BCUT2D eigenvalue weighted by Crippen LogP contribution is 2.22. The summed E-state index contributed by atoms with van der Waals surface area (Å²) in [5.41, 5.74) is 5.23. The molecule has 29 heavy (non-hydrogen) atoms. The third-order valence-corrected chi connectivity index (χ3v) is 5.36. The van der Waals surface area contributed by atoms with E-state index in [9.17, 15) is 9.59 Å². The second kappa shape index (κ2) is 7.91. The second-order valence-electron chi connectivity index (χ2n) is 7.28. The number of carbonyl (C=O) groups is 2. The number of hydrogen-bond acceptors (Lipinski definition) is 3. The van der Waals surface area contributed by atoms with Crippen LogP contribution in [0.4, 0.5) is 5.69 Å². The van der Waals surface area contributed by atoms with Crippen LogP contribution in [0.3, 0.4) is 0 Å². The molecule has 1 aromatic heterocycles. The molecule has 6 nitrogen and oxygen atoms in total. The first-order valence-corrected chi connectivity index (χ1v) is 9.84. The number of nitrogens with zero attached hydrogens (tertiary/aromatic N) is 3. The van der Waals surface area contributed by atoms with E-state index in [2.05, 4.69) is 10.4 Å². The third-order valence-electron chi connectivity index (χ3n) is 5.36. The van der Waals surface area contributed by atoms with Crippen LogP contribution in [0, 0.1) is 13.8 Å². The lowest BCUT2D eigenvalue weighted by molar-refractivity contribution is -0.117. The Morgan fingerprint density at radius 1 is 1.07 bits per heavy atom. The minimum absolute atomic E-state index is 0.113. The molecule has 2 aromatic carbocycles. The van der Waals surface area contributed by atoms with Crippen LogP contribution in [-0.4, -0.2) is 28.1 Å². The van der Waals surface area contributed by atoms with E-state index in [0.29, 0.717) is 25.1 Å². The summed E-state index contributed by atoms with van der Waals surface area (Å²) in [6, 6.07) is 17.2. The van der Waals surface area contributed by atoms with Gasteiger partial charge in [-0.2, -0.15) is 5.10 Å². The summed E-state index contributed by atoms with van der Waals surface area (Å²) in [7, 11) is 0. The van der Waals surface area contributed by atoms with Gasteiger partial charge in [-0.1, -0.05) is 24.3 Å². The molecule has 6 heteroatoms. The number of amides is 2. The van der Waals surface area contributed by atoms with Gasteiger partial charge in [0.1, 0.15) is 0 Å². The molecule has 1 aliphatic rings. The zero-order chi connectivity index (χ0) is 20.4. The quantitative estimate of drug-likeness (QED) is 0.727. The van der Waals surface area contributed by atoms with Crippen LogP contribution in [-0.2, 0) is 11.3 Å². The van der Waals surface area contributed by atoms with Crippen LogP contribution in [0.2, 0.25) is 0 Å². The van der Waals surface area contributed by atoms with Crippen molar-refractivity contribution in [1.82, 2.24) is 15.1 Å². The summed E-state index contributed by atoms with van der Waals surface area (Å²) in [6.45, 7) is 5.07. The monoisotopic (exact) mass is 388 g/mol. The summed E-state index contributed by atoms with van der Waals surface area (Å²) in [6.07, 6.45) is 1.43. The molecular weight excluding hydrogens is 364 g/mol. The van der Waals surface area contributed by atoms with Gasteiger partial charge in [0, 0.05) is 42.0 Å². The van der Waals surface area contributed by atoms with Gasteiger partial charge in [-0.25, -0.2) is 4.68 Å². The molecule has 0 saturated carbocycles. The number of carbonyl (C=O) groups excluding carboxylic acids is 2. The van der Waals surface area contributed by atoms with E-state index < -0.39 is 0 Å². The molecule has 0 atom stereocenters. The summed E-state index contributed by atoms with van der Waals surface area (Å²) < 4.78 is 1.90. The van der Waals surface area contributed by atoms with E-state index in [4.69, 9.17) is 0 Å². The average Bonchev–Trinajstić information content (AvgIpc) is 3.30. The molecule has 3 aromatic rings. The lowest BCUT2D eigenvalue weighted by Crippen LogP contribution is -2.26. The van der Waals surface area contributed by atoms with Crippen molar-refractivity contribution in [1.29, 1.82) is 0 Å². The molecule has 1 aliphatic heterocycles. The number of anilines is 1. The SMILES string of the molecule is Cc1nn(-c2ccccc2)c(C)c1CNC(=O)c1cccc(N2CCCC2=O)c1. The molecule has 0 aliphatic carbocycles. The maximum Gasteiger partial charge on any atom is 0.251 e. The maximum atomic E-state index is 12.7. The Kier molecular flexibility index (Phi) is 5.16. The van der Waals surface area contributed by atoms with E-state index in [-0.39, 0.29) is 11.8 Å². The Balaban J connectivity index is 1.49. The predicted octanol–water partition coefficient (Wildman–Crippen LogP) is 3.55. The smallest absolute Gasteiger partial charge is 0.251 e. The molecule has 2 amide bonds. The molecule has 148 valence electrons. The number of nitrogens with one attached hydrogen (secondary N) is 1. The average molecular weight is 388 g/mol. The van der Waals surface area contributed by atoms with E-state index in [1.807, 2.05) is 61.0 Å². The van der Waals surface area contributed by atoms with Crippen molar-refractivity contribution in [3.05, 3.63) is 77.1 Å². The van der Waals surface area contributed by atoms with Crippen LogP contribution in [0.15, 0.2) is 54.6 Å². The van der Waals surface area contributed by atoms with Gasteiger partial charge in [-0.05, 0) is 50.6 Å². The van der Waals surface area contributed by atoms with Crippen molar-refractivity contribution in [3.8, 4) is 5.69 Å².